The number of hydrogen-bond donors (Lipinski definition) is 1. The van der Waals surface area contributed by atoms with E-state index in [1.807, 2.05) is 6.92 Å². The average Bonchev–Trinajstić information content (AvgIpc) is 2.77. The summed E-state index contributed by atoms with van der Waals surface area (Å²) in [6, 6.07) is 0. The van der Waals surface area contributed by atoms with Crippen LogP contribution in [0.4, 0.5) is 0 Å². The SMILES string of the molecule is CC(=CCl)CC1(C(=O)O)CC2CCC1O2. The summed E-state index contributed by atoms with van der Waals surface area (Å²) in [5.41, 5.74) is 1.66. The first-order chi connectivity index (χ1) is 7.08. The van der Waals surface area contributed by atoms with E-state index >= 15 is 0 Å². The Morgan fingerprint density at radius 2 is 2.40 bits per heavy atom. The molecule has 0 aromatic heterocycles. The van der Waals surface area contributed by atoms with Gasteiger partial charge in [-0.2, -0.15) is 0 Å². The molecule has 0 aromatic rings. The molecule has 0 saturated carbocycles. The highest BCUT2D eigenvalue weighted by molar-refractivity contribution is 6.25. The predicted molar refractivity (Wildman–Crippen MR) is 56.8 cm³/mol. The molecule has 0 spiro atoms. The van der Waals surface area contributed by atoms with Crippen LogP contribution in [0.25, 0.3) is 0 Å². The Balaban J connectivity index is 2.23. The number of ether oxygens (including phenoxy) is 1. The second-order valence-electron chi connectivity index (χ2n) is 4.62. The molecule has 2 saturated heterocycles. The normalized spacial score (nSPS) is 39.7. The van der Waals surface area contributed by atoms with Crippen LogP contribution in [0.3, 0.4) is 0 Å². The fourth-order valence-electron chi connectivity index (χ4n) is 2.82. The number of rotatable bonds is 3. The minimum Gasteiger partial charge on any atom is -0.481 e. The van der Waals surface area contributed by atoms with Gasteiger partial charge in [0.25, 0.3) is 0 Å². The minimum atomic E-state index is -0.743. The Morgan fingerprint density at radius 1 is 1.67 bits per heavy atom. The van der Waals surface area contributed by atoms with Crippen LogP contribution >= 0.6 is 11.6 Å². The van der Waals surface area contributed by atoms with Crippen molar-refractivity contribution >= 4 is 17.6 Å². The highest BCUT2D eigenvalue weighted by atomic mass is 35.5. The number of fused-ring (bicyclic) bond motifs is 2. The molecule has 84 valence electrons. The first-order valence-corrected chi connectivity index (χ1v) is 5.67. The largest absolute Gasteiger partial charge is 0.481 e. The van der Waals surface area contributed by atoms with Crippen LogP contribution in [0.2, 0.25) is 0 Å². The van der Waals surface area contributed by atoms with E-state index in [0.717, 1.165) is 18.4 Å². The van der Waals surface area contributed by atoms with Crippen molar-refractivity contribution < 1.29 is 14.6 Å². The van der Waals surface area contributed by atoms with E-state index in [1.54, 1.807) is 0 Å². The lowest BCUT2D eigenvalue weighted by atomic mass is 9.70. The Kier molecular flexibility index (Phi) is 2.77. The number of aliphatic carboxylic acids is 1. The van der Waals surface area contributed by atoms with Gasteiger partial charge >= 0.3 is 5.97 Å². The third-order valence-corrected chi connectivity index (χ3v) is 3.89. The molecular formula is C11H15ClO3. The van der Waals surface area contributed by atoms with Crippen LogP contribution in [0.1, 0.15) is 32.6 Å². The molecule has 2 rings (SSSR count). The van der Waals surface area contributed by atoms with Gasteiger partial charge in [-0.1, -0.05) is 17.2 Å². The van der Waals surface area contributed by atoms with E-state index in [-0.39, 0.29) is 12.2 Å². The molecular weight excluding hydrogens is 216 g/mol. The highest BCUT2D eigenvalue weighted by Crippen LogP contribution is 2.51. The summed E-state index contributed by atoms with van der Waals surface area (Å²) in [7, 11) is 0. The third-order valence-electron chi connectivity index (χ3n) is 3.52. The fourth-order valence-corrected chi connectivity index (χ4v) is 2.90. The zero-order valence-corrected chi connectivity index (χ0v) is 9.46. The molecule has 15 heavy (non-hydrogen) atoms. The summed E-state index contributed by atoms with van der Waals surface area (Å²) in [5.74, 6) is -0.743. The van der Waals surface area contributed by atoms with Gasteiger partial charge in [-0.05, 0) is 32.6 Å². The number of hydrogen-bond acceptors (Lipinski definition) is 2. The Bertz CT molecular complexity index is 313. The molecule has 0 aliphatic carbocycles. The van der Waals surface area contributed by atoms with Gasteiger partial charge in [-0.25, -0.2) is 0 Å². The van der Waals surface area contributed by atoms with Crippen LogP contribution < -0.4 is 0 Å². The number of halogens is 1. The van der Waals surface area contributed by atoms with Gasteiger partial charge in [-0.3, -0.25) is 4.79 Å². The van der Waals surface area contributed by atoms with Crippen LogP contribution in [0, 0.1) is 5.41 Å². The van der Waals surface area contributed by atoms with Crippen LogP contribution in [0.5, 0.6) is 0 Å². The maximum absolute atomic E-state index is 11.4. The molecule has 1 N–H and O–H groups in total. The third kappa shape index (κ3) is 1.68. The molecule has 2 aliphatic rings. The summed E-state index contributed by atoms with van der Waals surface area (Å²) in [6.07, 6.45) is 3.04. The summed E-state index contributed by atoms with van der Waals surface area (Å²) in [5, 5.41) is 9.38. The first-order valence-electron chi connectivity index (χ1n) is 5.23. The summed E-state index contributed by atoms with van der Waals surface area (Å²) >= 11 is 5.60. The monoisotopic (exact) mass is 230 g/mol. The number of carbonyl (C=O) groups is 1. The Morgan fingerprint density at radius 3 is 2.80 bits per heavy atom. The van der Waals surface area contributed by atoms with E-state index in [9.17, 15) is 9.90 Å². The van der Waals surface area contributed by atoms with Crippen molar-refractivity contribution in [1.29, 1.82) is 0 Å². The fraction of sp³-hybridized carbons (Fsp3) is 0.727. The van der Waals surface area contributed by atoms with E-state index in [0.29, 0.717) is 12.8 Å². The summed E-state index contributed by atoms with van der Waals surface area (Å²) in [4.78, 5) is 11.4. The minimum absolute atomic E-state index is 0.119. The molecule has 2 heterocycles. The number of carboxylic acid groups (broad SMARTS) is 1. The molecule has 3 nitrogen and oxygen atoms in total. The van der Waals surface area contributed by atoms with Gasteiger partial charge in [0.15, 0.2) is 0 Å². The lowest BCUT2D eigenvalue weighted by Gasteiger charge is -2.31. The topological polar surface area (TPSA) is 46.5 Å². The number of allylic oxidation sites excluding steroid dienone is 1. The maximum Gasteiger partial charge on any atom is 0.312 e. The first kappa shape index (κ1) is 11.0. The van der Waals surface area contributed by atoms with Crippen molar-refractivity contribution in [2.24, 2.45) is 5.41 Å². The van der Waals surface area contributed by atoms with Crippen molar-refractivity contribution in [3.8, 4) is 0 Å². The molecule has 3 atom stereocenters. The summed E-state index contributed by atoms with van der Waals surface area (Å²) < 4.78 is 5.64. The molecule has 0 aromatic carbocycles. The van der Waals surface area contributed by atoms with E-state index in [1.165, 1.54) is 5.54 Å². The predicted octanol–water partition coefficient (Wildman–Crippen LogP) is 2.54. The van der Waals surface area contributed by atoms with Crippen molar-refractivity contribution in [1.82, 2.24) is 0 Å². The van der Waals surface area contributed by atoms with Crippen molar-refractivity contribution in [2.75, 3.05) is 0 Å². The lowest BCUT2D eigenvalue weighted by molar-refractivity contribution is -0.152. The van der Waals surface area contributed by atoms with Gasteiger partial charge in [0.05, 0.1) is 12.2 Å². The molecule has 2 fully saturated rings. The molecule has 0 radical (unpaired) electrons. The van der Waals surface area contributed by atoms with Crippen LogP contribution in [-0.2, 0) is 9.53 Å². The van der Waals surface area contributed by atoms with E-state index in [2.05, 4.69) is 0 Å². The maximum atomic E-state index is 11.4. The molecule has 4 heteroatoms. The average molecular weight is 231 g/mol. The van der Waals surface area contributed by atoms with Crippen molar-refractivity contribution in [3.05, 3.63) is 11.1 Å². The second-order valence-corrected chi connectivity index (χ2v) is 4.84. The summed E-state index contributed by atoms with van der Waals surface area (Å²) in [6.45, 7) is 1.86. The van der Waals surface area contributed by atoms with E-state index < -0.39 is 11.4 Å². The van der Waals surface area contributed by atoms with Gasteiger partial charge < -0.3 is 9.84 Å². The molecule has 2 aliphatic heterocycles. The van der Waals surface area contributed by atoms with Crippen LogP contribution in [0.15, 0.2) is 11.1 Å². The quantitative estimate of drug-likeness (QED) is 0.811. The Labute approximate surface area is 94.1 Å². The standard InChI is InChI=1S/C11H15ClO3/c1-7(6-12)4-11(10(13)14)5-8-2-3-9(11)15-8/h6,8-9H,2-5H2,1H3,(H,13,14). The van der Waals surface area contributed by atoms with Gasteiger partial charge in [0.2, 0.25) is 0 Å². The molecule has 2 bridgehead atoms. The van der Waals surface area contributed by atoms with E-state index in [4.69, 9.17) is 16.3 Å². The van der Waals surface area contributed by atoms with Gasteiger partial charge in [0.1, 0.15) is 5.41 Å². The van der Waals surface area contributed by atoms with Gasteiger partial charge in [-0.15, -0.1) is 0 Å². The van der Waals surface area contributed by atoms with Crippen molar-refractivity contribution in [2.45, 2.75) is 44.8 Å². The van der Waals surface area contributed by atoms with Crippen molar-refractivity contribution in [3.63, 3.8) is 0 Å². The molecule has 0 amide bonds. The highest BCUT2D eigenvalue weighted by Gasteiger charge is 2.57. The van der Waals surface area contributed by atoms with Crippen LogP contribution in [-0.4, -0.2) is 23.3 Å². The molecule has 3 unspecified atom stereocenters. The lowest BCUT2D eigenvalue weighted by Crippen LogP contribution is -2.40. The number of carboxylic acids is 1. The van der Waals surface area contributed by atoms with Gasteiger partial charge in [0, 0.05) is 5.54 Å². The smallest absolute Gasteiger partial charge is 0.312 e. The zero-order valence-electron chi connectivity index (χ0n) is 8.70. The second kappa shape index (κ2) is 3.80. The Hall–Kier alpha value is -0.540. The zero-order chi connectivity index (χ0) is 11.1.